The maximum Gasteiger partial charge on any atom is 0.216 e. The average Bonchev–Trinajstić information content (AvgIpc) is 3.04. The Morgan fingerprint density at radius 3 is 2.50 bits per heavy atom. The van der Waals surface area contributed by atoms with Crippen molar-refractivity contribution in [3.05, 3.63) is 15.6 Å². The quantitative estimate of drug-likeness (QED) is 0.277. The number of aliphatic imine (C=N–C) groups is 1. The molecule has 0 amide bonds. The lowest BCUT2D eigenvalue weighted by Gasteiger charge is -2.35. The summed E-state index contributed by atoms with van der Waals surface area (Å²) in [5.41, 5.74) is 1.19. The first-order valence-electron chi connectivity index (χ1n) is 10.3. The third kappa shape index (κ3) is 8.21. The van der Waals surface area contributed by atoms with Gasteiger partial charge in [0.15, 0.2) is 5.96 Å². The molecule has 1 aliphatic rings. The molecule has 1 aromatic rings. The molecule has 0 radical (unpaired) electrons. The molecule has 2 heterocycles. The van der Waals surface area contributed by atoms with Crippen molar-refractivity contribution in [1.29, 1.82) is 0 Å². The lowest BCUT2D eigenvalue weighted by Crippen LogP contribution is -2.54. The Morgan fingerprint density at radius 2 is 1.97 bits per heavy atom. The smallest absolute Gasteiger partial charge is 0.216 e. The zero-order valence-electron chi connectivity index (χ0n) is 18.7. The number of hydrogen-bond donors (Lipinski definition) is 1. The number of sulfonamides is 1. The zero-order valence-corrected chi connectivity index (χ0v) is 22.6. The second kappa shape index (κ2) is 13.1. The number of rotatable bonds is 9. The van der Waals surface area contributed by atoms with E-state index in [1.54, 1.807) is 22.7 Å². The molecule has 0 aromatic carbocycles. The summed E-state index contributed by atoms with van der Waals surface area (Å²) in [6.07, 6.45) is 1.86. The van der Waals surface area contributed by atoms with Crippen LogP contribution >= 0.6 is 35.3 Å². The molecule has 1 saturated heterocycles. The highest BCUT2D eigenvalue weighted by Crippen LogP contribution is 2.18. The van der Waals surface area contributed by atoms with Gasteiger partial charge in [0.25, 0.3) is 0 Å². The van der Waals surface area contributed by atoms with E-state index < -0.39 is 10.0 Å². The van der Waals surface area contributed by atoms with E-state index in [0.717, 1.165) is 30.4 Å². The molecule has 1 N–H and O–H groups in total. The lowest BCUT2D eigenvalue weighted by atomic mass is 10.3. The van der Waals surface area contributed by atoms with Crippen molar-refractivity contribution in [2.24, 2.45) is 4.99 Å². The van der Waals surface area contributed by atoms with Crippen LogP contribution in [-0.4, -0.2) is 86.8 Å². The summed E-state index contributed by atoms with van der Waals surface area (Å²) < 4.78 is 31.9. The Labute approximate surface area is 202 Å². The third-order valence-corrected chi connectivity index (χ3v) is 7.74. The van der Waals surface area contributed by atoms with E-state index in [-0.39, 0.29) is 42.4 Å². The lowest BCUT2D eigenvalue weighted by molar-refractivity contribution is 0.0904. The van der Waals surface area contributed by atoms with Gasteiger partial charge in [0.2, 0.25) is 10.0 Å². The van der Waals surface area contributed by atoms with E-state index in [4.69, 9.17) is 4.74 Å². The maximum atomic E-state index is 12.5. The molecule has 0 bridgehead atoms. The van der Waals surface area contributed by atoms with Crippen LogP contribution in [0.25, 0.3) is 0 Å². The number of piperazine rings is 1. The van der Waals surface area contributed by atoms with E-state index in [0.29, 0.717) is 26.2 Å². The van der Waals surface area contributed by atoms with Gasteiger partial charge in [-0.05, 0) is 27.2 Å². The second-order valence-electron chi connectivity index (χ2n) is 7.31. The Hall–Kier alpha value is -0.500. The molecule has 0 saturated carbocycles. The van der Waals surface area contributed by atoms with Crippen LogP contribution in [-0.2, 0) is 27.6 Å². The summed E-state index contributed by atoms with van der Waals surface area (Å²) >= 11 is 1.76. The number of aromatic nitrogens is 1. The number of halogens is 1. The highest BCUT2D eigenvalue weighted by Gasteiger charge is 2.28. The molecule has 8 nitrogen and oxygen atoms in total. The first-order valence-corrected chi connectivity index (χ1v) is 12.7. The van der Waals surface area contributed by atoms with Crippen LogP contribution in [0.5, 0.6) is 0 Å². The van der Waals surface area contributed by atoms with E-state index in [1.807, 2.05) is 13.8 Å². The summed E-state index contributed by atoms with van der Waals surface area (Å²) in [6.45, 7) is 11.2. The summed E-state index contributed by atoms with van der Waals surface area (Å²) in [5.74, 6) is 0.847. The minimum Gasteiger partial charge on any atom is -0.378 e. The van der Waals surface area contributed by atoms with Gasteiger partial charge in [0, 0.05) is 51.1 Å². The van der Waals surface area contributed by atoms with Gasteiger partial charge in [-0.2, -0.15) is 4.31 Å². The summed E-state index contributed by atoms with van der Waals surface area (Å²) in [6, 6.07) is 0. The molecule has 1 aromatic heterocycles. The minimum atomic E-state index is -3.28. The number of nitrogens with one attached hydrogen (secondary N) is 1. The highest BCUT2D eigenvalue weighted by atomic mass is 127. The number of ether oxygens (including phenoxy) is 1. The number of hydrogen-bond acceptors (Lipinski definition) is 6. The Bertz CT molecular complexity index is 775. The minimum absolute atomic E-state index is 0. The van der Waals surface area contributed by atoms with Crippen LogP contribution in [0.2, 0.25) is 0 Å². The van der Waals surface area contributed by atoms with Crippen molar-refractivity contribution in [3.63, 3.8) is 0 Å². The van der Waals surface area contributed by atoms with Gasteiger partial charge in [-0.15, -0.1) is 35.3 Å². The van der Waals surface area contributed by atoms with Crippen molar-refractivity contribution >= 4 is 51.3 Å². The summed E-state index contributed by atoms with van der Waals surface area (Å²) in [4.78, 5) is 12.4. The monoisotopic (exact) mass is 573 g/mol. The Balaban J connectivity index is 0.00000450. The van der Waals surface area contributed by atoms with Crippen molar-refractivity contribution in [2.75, 3.05) is 52.1 Å². The standard InChI is InChI=1S/C19H35N5O3S2.HI/c1-6-17-16(4)28-18(22-17)7-8-21-19(20-5)23-9-11-24(12-10-23)29(25,26)14-13-27-15(2)3;/h15H,6-14H2,1-5H3,(H,20,21);1H. The van der Waals surface area contributed by atoms with Crippen LogP contribution in [0.1, 0.15) is 36.3 Å². The fourth-order valence-corrected chi connectivity index (χ4v) is 5.54. The molecular formula is C19H36IN5O3S2. The molecule has 0 spiro atoms. The van der Waals surface area contributed by atoms with E-state index in [9.17, 15) is 8.42 Å². The summed E-state index contributed by atoms with van der Waals surface area (Å²) in [7, 11) is -1.52. The maximum absolute atomic E-state index is 12.5. The molecule has 1 fully saturated rings. The topological polar surface area (TPSA) is 87.1 Å². The molecule has 11 heteroatoms. The van der Waals surface area contributed by atoms with Crippen molar-refractivity contribution in [1.82, 2.24) is 19.5 Å². The van der Waals surface area contributed by atoms with Gasteiger partial charge < -0.3 is 15.0 Å². The number of nitrogens with zero attached hydrogens (tertiary/aromatic N) is 4. The highest BCUT2D eigenvalue weighted by molar-refractivity contribution is 14.0. The van der Waals surface area contributed by atoms with Crippen LogP contribution in [0, 0.1) is 6.92 Å². The third-order valence-electron chi connectivity index (χ3n) is 4.83. The SMILES string of the molecule is CCc1nc(CCNC(=NC)N2CCN(S(=O)(=O)CCOC(C)C)CC2)sc1C.I. The van der Waals surface area contributed by atoms with Gasteiger partial charge in [0.1, 0.15) is 0 Å². The van der Waals surface area contributed by atoms with Crippen molar-refractivity contribution < 1.29 is 13.2 Å². The number of guanidine groups is 1. The predicted molar refractivity (Wildman–Crippen MR) is 135 cm³/mol. The zero-order chi connectivity index (χ0) is 21.4. The molecule has 174 valence electrons. The number of thiazole rings is 1. The predicted octanol–water partition coefficient (Wildman–Crippen LogP) is 2.12. The van der Waals surface area contributed by atoms with Crippen LogP contribution in [0.15, 0.2) is 4.99 Å². The molecule has 2 rings (SSSR count). The van der Waals surface area contributed by atoms with Crippen LogP contribution in [0.4, 0.5) is 0 Å². The normalized spacial score (nSPS) is 16.1. The van der Waals surface area contributed by atoms with Gasteiger partial charge in [-0.1, -0.05) is 6.92 Å². The van der Waals surface area contributed by atoms with Crippen LogP contribution < -0.4 is 5.32 Å². The molecule has 0 unspecified atom stereocenters. The van der Waals surface area contributed by atoms with E-state index >= 15 is 0 Å². The molecule has 30 heavy (non-hydrogen) atoms. The van der Waals surface area contributed by atoms with E-state index in [2.05, 4.69) is 34.0 Å². The molecule has 0 aliphatic carbocycles. The second-order valence-corrected chi connectivity index (χ2v) is 10.7. The van der Waals surface area contributed by atoms with E-state index in [1.165, 1.54) is 10.6 Å². The van der Waals surface area contributed by atoms with Crippen LogP contribution in [0.3, 0.4) is 0 Å². The van der Waals surface area contributed by atoms with Gasteiger partial charge in [-0.3, -0.25) is 4.99 Å². The Kier molecular flexibility index (Phi) is 12.1. The first kappa shape index (κ1) is 27.5. The van der Waals surface area contributed by atoms with Gasteiger partial charge in [-0.25, -0.2) is 13.4 Å². The van der Waals surface area contributed by atoms with Gasteiger partial charge in [0.05, 0.1) is 29.2 Å². The first-order chi connectivity index (χ1) is 13.8. The fourth-order valence-electron chi connectivity index (χ4n) is 3.23. The molecular weight excluding hydrogens is 537 g/mol. The van der Waals surface area contributed by atoms with Crippen molar-refractivity contribution in [2.45, 2.75) is 46.6 Å². The Morgan fingerprint density at radius 1 is 1.30 bits per heavy atom. The molecule has 1 aliphatic heterocycles. The largest absolute Gasteiger partial charge is 0.378 e. The molecule has 0 atom stereocenters. The number of aryl methyl sites for hydroxylation is 2. The summed E-state index contributed by atoms with van der Waals surface area (Å²) in [5, 5.41) is 4.53. The van der Waals surface area contributed by atoms with Gasteiger partial charge >= 0.3 is 0 Å². The fraction of sp³-hybridized carbons (Fsp3) is 0.789. The average molecular weight is 574 g/mol. The van der Waals surface area contributed by atoms with Crippen molar-refractivity contribution in [3.8, 4) is 0 Å².